The van der Waals surface area contributed by atoms with Gasteiger partial charge < -0.3 is 9.72 Å². The lowest BCUT2D eigenvalue weighted by atomic mass is 10.1. The van der Waals surface area contributed by atoms with Gasteiger partial charge in [-0.05, 0) is 19.4 Å². The van der Waals surface area contributed by atoms with Gasteiger partial charge in [0.25, 0.3) is 0 Å². The van der Waals surface area contributed by atoms with Gasteiger partial charge in [0, 0.05) is 5.56 Å². The minimum absolute atomic E-state index is 0.363. The maximum absolute atomic E-state index is 11.3. The van der Waals surface area contributed by atoms with Crippen molar-refractivity contribution in [2.45, 2.75) is 13.8 Å². The Hall–Kier alpha value is -2.10. The van der Waals surface area contributed by atoms with Gasteiger partial charge in [-0.2, -0.15) is 0 Å². The minimum atomic E-state index is -0.409. The lowest BCUT2D eigenvalue weighted by Crippen LogP contribution is -2.01. The number of aromatic amines is 1. The Bertz CT molecular complexity index is 558. The SMILES string of the molecule is COC(=O)c1cnc(-c2ccc(C)cc2C)[nH]1. The van der Waals surface area contributed by atoms with E-state index in [1.165, 1.54) is 18.9 Å². The van der Waals surface area contributed by atoms with E-state index >= 15 is 0 Å². The highest BCUT2D eigenvalue weighted by Crippen LogP contribution is 2.21. The van der Waals surface area contributed by atoms with Crippen LogP contribution in [0.4, 0.5) is 0 Å². The molecule has 0 aliphatic carbocycles. The van der Waals surface area contributed by atoms with Crippen LogP contribution in [0.1, 0.15) is 21.6 Å². The Kier molecular flexibility index (Phi) is 2.95. The summed E-state index contributed by atoms with van der Waals surface area (Å²) in [7, 11) is 1.35. The molecule has 88 valence electrons. The number of H-pyrrole nitrogens is 1. The number of aryl methyl sites for hydroxylation is 2. The average Bonchev–Trinajstić information content (AvgIpc) is 2.77. The quantitative estimate of drug-likeness (QED) is 0.806. The number of carbonyl (C=O) groups is 1. The average molecular weight is 230 g/mol. The third-order valence-electron chi connectivity index (χ3n) is 2.62. The van der Waals surface area contributed by atoms with Gasteiger partial charge in [0.05, 0.1) is 13.3 Å². The van der Waals surface area contributed by atoms with Crippen LogP contribution in [-0.2, 0) is 4.74 Å². The molecule has 0 atom stereocenters. The molecule has 0 saturated carbocycles. The topological polar surface area (TPSA) is 55.0 Å². The van der Waals surface area contributed by atoms with Gasteiger partial charge in [0.1, 0.15) is 11.5 Å². The Morgan fingerprint density at radius 3 is 2.76 bits per heavy atom. The highest BCUT2D eigenvalue weighted by Gasteiger charge is 2.11. The van der Waals surface area contributed by atoms with Crippen LogP contribution in [0.3, 0.4) is 0 Å². The molecule has 1 heterocycles. The number of esters is 1. The third kappa shape index (κ3) is 2.20. The molecule has 17 heavy (non-hydrogen) atoms. The van der Waals surface area contributed by atoms with Crippen molar-refractivity contribution in [1.82, 2.24) is 9.97 Å². The molecule has 0 saturated heterocycles. The fourth-order valence-electron chi connectivity index (χ4n) is 1.75. The Morgan fingerprint density at radius 2 is 2.12 bits per heavy atom. The Morgan fingerprint density at radius 1 is 1.35 bits per heavy atom. The summed E-state index contributed by atoms with van der Waals surface area (Å²) in [5.74, 6) is 0.274. The second kappa shape index (κ2) is 4.41. The number of benzene rings is 1. The maximum Gasteiger partial charge on any atom is 0.356 e. The van der Waals surface area contributed by atoms with Gasteiger partial charge in [-0.1, -0.05) is 23.8 Å². The van der Waals surface area contributed by atoms with Gasteiger partial charge in [-0.25, -0.2) is 9.78 Å². The lowest BCUT2D eigenvalue weighted by molar-refractivity contribution is 0.0595. The summed E-state index contributed by atoms with van der Waals surface area (Å²) in [6.07, 6.45) is 1.49. The molecule has 0 unspecified atom stereocenters. The number of rotatable bonds is 2. The van der Waals surface area contributed by atoms with Gasteiger partial charge in [-0.15, -0.1) is 0 Å². The van der Waals surface area contributed by atoms with Gasteiger partial charge in [0.15, 0.2) is 0 Å². The summed E-state index contributed by atoms with van der Waals surface area (Å²) in [5, 5.41) is 0. The number of methoxy groups -OCH3 is 1. The van der Waals surface area contributed by atoms with E-state index in [1.807, 2.05) is 26.0 Å². The standard InChI is InChI=1S/C13H14N2O2/c1-8-4-5-10(9(2)6-8)12-14-7-11(15-12)13(16)17-3/h4-7H,1-3H3,(H,14,15). The van der Waals surface area contributed by atoms with E-state index in [-0.39, 0.29) is 0 Å². The first-order valence-electron chi connectivity index (χ1n) is 5.33. The van der Waals surface area contributed by atoms with Crippen molar-refractivity contribution in [3.05, 3.63) is 41.2 Å². The monoisotopic (exact) mass is 230 g/mol. The first-order valence-corrected chi connectivity index (χ1v) is 5.33. The van der Waals surface area contributed by atoms with Crippen molar-refractivity contribution >= 4 is 5.97 Å². The van der Waals surface area contributed by atoms with E-state index in [9.17, 15) is 4.79 Å². The molecule has 0 amide bonds. The summed E-state index contributed by atoms with van der Waals surface area (Å²) in [6.45, 7) is 4.06. The second-order valence-corrected chi connectivity index (χ2v) is 3.96. The zero-order chi connectivity index (χ0) is 12.4. The number of hydrogen-bond donors (Lipinski definition) is 1. The van der Waals surface area contributed by atoms with Gasteiger partial charge in [-0.3, -0.25) is 0 Å². The molecule has 0 aliphatic heterocycles. The first kappa shape index (κ1) is 11.4. The molecule has 4 nitrogen and oxygen atoms in total. The van der Waals surface area contributed by atoms with Crippen LogP contribution in [0.25, 0.3) is 11.4 Å². The molecule has 1 aromatic heterocycles. The Labute approximate surface area is 99.7 Å². The minimum Gasteiger partial charge on any atom is -0.464 e. The van der Waals surface area contributed by atoms with E-state index in [0.29, 0.717) is 11.5 Å². The van der Waals surface area contributed by atoms with Crippen molar-refractivity contribution < 1.29 is 9.53 Å². The number of hydrogen-bond acceptors (Lipinski definition) is 3. The molecule has 0 radical (unpaired) electrons. The normalized spacial score (nSPS) is 10.3. The van der Waals surface area contributed by atoms with Crippen LogP contribution in [-0.4, -0.2) is 23.0 Å². The number of ether oxygens (including phenoxy) is 1. The predicted molar refractivity (Wildman–Crippen MR) is 64.8 cm³/mol. The summed E-state index contributed by atoms with van der Waals surface area (Å²) in [6, 6.07) is 6.09. The zero-order valence-corrected chi connectivity index (χ0v) is 10.1. The van der Waals surface area contributed by atoms with E-state index in [4.69, 9.17) is 0 Å². The number of nitrogens with one attached hydrogen (secondary N) is 1. The second-order valence-electron chi connectivity index (χ2n) is 3.96. The van der Waals surface area contributed by atoms with E-state index in [1.54, 1.807) is 0 Å². The molecule has 2 rings (SSSR count). The summed E-state index contributed by atoms with van der Waals surface area (Å²) in [4.78, 5) is 18.4. The molecule has 0 fully saturated rings. The molecule has 1 N–H and O–H groups in total. The van der Waals surface area contributed by atoms with Gasteiger partial charge in [0.2, 0.25) is 0 Å². The molecular formula is C13H14N2O2. The summed E-state index contributed by atoms with van der Waals surface area (Å²) >= 11 is 0. The van der Waals surface area contributed by atoms with Gasteiger partial charge >= 0.3 is 5.97 Å². The van der Waals surface area contributed by atoms with Crippen molar-refractivity contribution in [3.63, 3.8) is 0 Å². The van der Waals surface area contributed by atoms with Crippen LogP contribution < -0.4 is 0 Å². The molecule has 0 bridgehead atoms. The molecule has 1 aromatic carbocycles. The summed E-state index contributed by atoms with van der Waals surface area (Å²) in [5.41, 5.74) is 3.68. The predicted octanol–water partition coefficient (Wildman–Crippen LogP) is 2.48. The number of carbonyl (C=O) groups excluding carboxylic acids is 1. The fourth-order valence-corrected chi connectivity index (χ4v) is 1.75. The third-order valence-corrected chi connectivity index (χ3v) is 2.62. The van der Waals surface area contributed by atoms with E-state index in [2.05, 4.69) is 20.8 Å². The van der Waals surface area contributed by atoms with Crippen LogP contribution in [0.5, 0.6) is 0 Å². The zero-order valence-electron chi connectivity index (χ0n) is 10.1. The van der Waals surface area contributed by atoms with E-state index < -0.39 is 5.97 Å². The van der Waals surface area contributed by atoms with E-state index in [0.717, 1.165) is 11.1 Å². The van der Waals surface area contributed by atoms with Crippen molar-refractivity contribution in [2.24, 2.45) is 0 Å². The molecule has 4 heteroatoms. The molecular weight excluding hydrogens is 216 g/mol. The van der Waals surface area contributed by atoms with Crippen LogP contribution in [0.2, 0.25) is 0 Å². The fraction of sp³-hybridized carbons (Fsp3) is 0.231. The highest BCUT2D eigenvalue weighted by molar-refractivity contribution is 5.87. The van der Waals surface area contributed by atoms with Crippen LogP contribution in [0, 0.1) is 13.8 Å². The molecule has 0 spiro atoms. The number of imidazole rings is 1. The van der Waals surface area contributed by atoms with Crippen molar-refractivity contribution in [1.29, 1.82) is 0 Å². The first-order chi connectivity index (χ1) is 8.11. The molecule has 0 aliphatic rings. The van der Waals surface area contributed by atoms with Crippen LogP contribution >= 0.6 is 0 Å². The lowest BCUT2D eigenvalue weighted by Gasteiger charge is -2.03. The highest BCUT2D eigenvalue weighted by atomic mass is 16.5. The largest absolute Gasteiger partial charge is 0.464 e. The van der Waals surface area contributed by atoms with Crippen molar-refractivity contribution in [2.75, 3.05) is 7.11 Å². The summed E-state index contributed by atoms with van der Waals surface area (Å²) < 4.78 is 4.62. The number of aromatic nitrogens is 2. The Balaban J connectivity index is 2.40. The van der Waals surface area contributed by atoms with Crippen LogP contribution in [0.15, 0.2) is 24.4 Å². The maximum atomic E-state index is 11.3. The number of nitrogens with zero attached hydrogens (tertiary/aromatic N) is 1. The smallest absolute Gasteiger partial charge is 0.356 e. The molecule has 2 aromatic rings. The van der Waals surface area contributed by atoms with Crippen molar-refractivity contribution in [3.8, 4) is 11.4 Å².